The van der Waals surface area contributed by atoms with E-state index in [0.717, 1.165) is 29.7 Å². The van der Waals surface area contributed by atoms with Crippen LogP contribution in [0.1, 0.15) is 39.2 Å². The third kappa shape index (κ3) is 5.56. The van der Waals surface area contributed by atoms with Crippen LogP contribution in [0.5, 0.6) is 0 Å². The molecular weight excluding hydrogens is 395 g/mol. The molecule has 0 aliphatic carbocycles. The monoisotopic (exact) mass is 420 g/mol. The summed E-state index contributed by atoms with van der Waals surface area (Å²) in [6, 6.07) is 4.87. The second-order valence-corrected chi connectivity index (χ2v) is 8.68. The van der Waals surface area contributed by atoms with E-state index in [1.165, 1.54) is 12.1 Å². The molecule has 0 saturated carbocycles. The van der Waals surface area contributed by atoms with Crippen molar-refractivity contribution in [1.29, 1.82) is 0 Å². The quantitative estimate of drug-likeness (QED) is 0.776. The molecule has 156 valence electrons. The lowest BCUT2D eigenvalue weighted by atomic mass is 10.0. The fourth-order valence-electron chi connectivity index (χ4n) is 3.48. The summed E-state index contributed by atoms with van der Waals surface area (Å²) in [6.07, 6.45) is 2.68. The Bertz CT molecular complexity index is 872. The first-order valence-corrected chi connectivity index (χ1v) is 10.0. The number of piperidine rings is 1. The number of nitrogens with zero attached hydrogens (tertiary/aromatic N) is 3. The van der Waals surface area contributed by atoms with Gasteiger partial charge in [0.1, 0.15) is 11.4 Å². The lowest BCUT2D eigenvalue weighted by Gasteiger charge is -2.35. The lowest BCUT2D eigenvalue weighted by Crippen LogP contribution is -2.46. The number of nitrogens with one attached hydrogen (secondary N) is 1. The molecule has 1 aliphatic heterocycles. The van der Waals surface area contributed by atoms with E-state index in [1.54, 1.807) is 6.20 Å². The summed E-state index contributed by atoms with van der Waals surface area (Å²) >= 11 is 6.39. The van der Waals surface area contributed by atoms with Gasteiger partial charge in [-0.2, -0.15) is 5.10 Å². The van der Waals surface area contributed by atoms with Crippen molar-refractivity contribution in [3.8, 4) is 11.1 Å². The molecule has 8 heteroatoms. The standard InChI is InChI=1S/C21H26ClFN4O2/c1-13-9-14(11-15(23)10-13)17-12-24-26-19(22)18(17)27-7-5-16(6-8-27)25-20(28)29-21(2,3)4/h9-12,16H,5-8H2,1-4H3,(H,25,28). The van der Waals surface area contributed by atoms with Crippen molar-refractivity contribution in [2.75, 3.05) is 18.0 Å². The van der Waals surface area contributed by atoms with Gasteiger partial charge in [-0.25, -0.2) is 9.18 Å². The van der Waals surface area contributed by atoms with Gasteiger partial charge in [-0.3, -0.25) is 0 Å². The summed E-state index contributed by atoms with van der Waals surface area (Å²) in [6.45, 7) is 8.70. The normalized spacial score (nSPS) is 15.3. The maximum absolute atomic E-state index is 13.9. The highest BCUT2D eigenvalue weighted by Crippen LogP contribution is 2.37. The molecule has 2 heterocycles. The first kappa shape index (κ1) is 21.3. The van der Waals surface area contributed by atoms with Crippen molar-refractivity contribution in [2.45, 2.75) is 52.2 Å². The fourth-order valence-corrected chi connectivity index (χ4v) is 3.75. The SMILES string of the molecule is Cc1cc(F)cc(-c2cnnc(Cl)c2N2CCC(NC(=O)OC(C)(C)C)CC2)c1. The molecule has 6 nitrogen and oxygen atoms in total. The Morgan fingerprint density at radius 2 is 1.97 bits per heavy atom. The molecule has 29 heavy (non-hydrogen) atoms. The van der Waals surface area contributed by atoms with Crippen LogP contribution < -0.4 is 10.2 Å². The molecule has 0 spiro atoms. The van der Waals surface area contributed by atoms with E-state index in [-0.39, 0.29) is 17.0 Å². The lowest BCUT2D eigenvalue weighted by molar-refractivity contribution is 0.0497. The maximum Gasteiger partial charge on any atom is 0.407 e. The number of benzene rings is 1. The van der Waals surface area contributed by atoms with Crippen molar-refractivity contribution >= 4 is 23.4 Å². The van der Waals surface area contributed by atoms with E-state index in [2.05, 4.69) is 20.4 Å². The highest BCUT2D eigenvalue weighted by Gasteiger charge is 2.26. The molecule has 0 radical (unpaired) electrons. The number of hydrogen-bond donors (Lipinski definition) is 1. The highest BCUT2D eigenvalue weighted by atomic mass is 35.5. The number of rotatable bonds is 3. The van der Waals surface area contributed by atoms with Gasteiger partial charge in [0.05, 0.1) is 11.9 Å². The molecule has 1 amide bonds. The Balaban J connectivity index is 1.75. The van der Waals surface area contributed by atoms with Crippen LogP contribution >= 0.6 is 11.6 Å². The van der Waals surface area contributed by atoms with Crippen LogP contribution in [0.25, 0.3) is 11.1 Å². The van der Waals surface area contributed by atoms with Crippen molar-refractivity contribution in [3.05, 3.63) is 40.9 Å². The third-order valence-electron chi connectivity index (χ3n) is 4.67. The Morgan fingerprint density at radius 3 is 2.59 bits per heavy atom. The molecule has 1 aromatic carbocycles. The third-order valence-corrected chi connectivity index (χ3v) is 4.92. The second kappa shape index (κ2) is 8.53. The molecule has 1 fully saturated rings. The number of aromatic nitrogens is 2. The van der Waals surface area contributed by atoms with E-state index >= 15 is 0 Å². The van der Waals surface area contributed by atoms with Gasteiger partial charge in [0, 0.05) is 24.7 Å². The van der Waals surface area contributed by atoms with Crippen molar-refractivity contribution < 1.29 is 13.9 Å². The van der Waals surface area contributed by atoms with Crippen LogP contribution in [0.4, 0.5) is 14.9 Å². The Kier molecular flexibility index (Phi) is 6.27. The molecule has 1 N–H and O–H groups in total. The molecule has 1 aromatic heterocycles. The molecule has 3 rings (SSSR count). The Labute approximate surface area is 175 Å². The highest BCUT2D eigenvalue weighted by molar-refractivity contribution is 6.32. The summed E-state index contributed by atoms with van der Waals surface area (Å²) in [7, 11) is 0. The summed E-state index contributed by atoms with van der Waals surface area (Å²) in [5.41, 5.74) is 2.48. The van der Waals surface area contributed by atoms with Gasteiger partial charge in [0.15, 0.2) is 5.15 Å². The molecule has 0 bridgehead atoms. The summed E-state index contributed by atoms with van der Waals surface area (Å²) in [5.74, 6) is -0.306. The van der Waals surface area contributed by atoms with Gasteiger partial charge < -0.3 is 15.0 Å². The Morgan fingerprint density at radius 1 is 1.28 bits per heavy atom. The molecule has 1 saturated heterocycles. The van der Waals surface area contributed by atoms with Gasteiger partial charge in [0.25, 0.3) is 0 Å². The fraction of sp³-hybridized carbons (Fsp3) is 0.476. The van der Waals surface area contributed by atoms with Crippen molar-refractivity contribution in [3.63, 3.8) is 0 Å². The van der Waals surface area contributed by atoms with E-state index in [0.29, 0.717) is 18.7 Å². The molecule has 0 atom stereocenters. The first-order valence-electron chi connectivity index (χ1n) is 9.65. The van der Waals surface area contributed by atoms with Crippen LogP contribution in [-0.2, 0) is 4.74 Å². The molecule has 0 unspecified atom stereocenters. The average molecular weight is 421 g/mol. The number of hydrogen-bond acceptors (Lipinski definition) is 5. The zero-order valence-corrected chi connectivity index (χ0v) is 17.9. The predicted molar refractivity (Wildman–Crippen MR) is 112 cm³/mol. The van der Waals surface area contributed by atoms with Gasteiger partial charge in [-0.15, -0.1) is 5.10 Å². The van der Waals surface area contributed by atoms with Gasteiger partial charge >= 0.3 is 6.09 Å². The molecule has 2 aromatic rings. The van der Waals surface area contributed by atoms with Gasteiger partial charge in [-0.05, 0) is 63.8 Å². The summed E-state index contributed by atoms with van der Waals surface area (Å²) in [5, 5.41) is 11.1. The van der Waals surface area contributed by atoms with Crippen LogP contribution in [0.2, 0.25) is 5.15 Å². The number of halogens is 2. The zero-order valence-electron chi connectivity index (χ0n) is 17.1. The van der Waals surface area contributed by atoms with Crippen molar-refractivity contribution in [2.24, 2.45) is 0 Å². The second-order valence-electron chi connectivity index (χ2n) is 8.32. The van der Waals surface area contributed by atoms with E-state index in [1.807, 2.05) is 33.8 Å². The predicted octanol–water partition coefficient (Wildman–Crippen LogP) is 4.74. The summed E-state index contributed by atoms with van der Waals surface area (Å²) < 4.78 is 19.3. The number of carbonyl (C=O) groups is 1. The van der Waals surface area contributed by atoms with Crippen LogP contribution in [0, 0.1) is 12.7 Å². The molecule has 1 aliphatic rings. The minimum atomic E-state index is -0.529. The van der Waals surface area contributed by atoms with Crippen LogP contribution in [0.15, 0.2) is 24.4 Å². The van der Waals surface area contributed by atoms with Crippen LogP contribution in [0.3, 0.4) is 0 Å². The number of aryl methyl sites for hydroxylation is 1. The zero-order chi connectivity index (χ0) is 21.2. The minimum absolute atomic E-state index is 0.0227. The first-order chi connectivity index (χ1) is 13.6. The van der Waals surface area contributed by atoms with Gasteiger partial charge in [0.2, 0.25) is 0 Å². The average Bonchev–Trinajstić information content (AvgIpc) is 2.60. The maximum atomic E-state index is 13.9. The van der Waals surface area contributed by atoms with Crippen LogP contribution in [-0.4, -0.2) is 41.0 Å². The van der Waals surface area contributed by atoms with E-state index in [9.17, 15) is 9.18 Å². The largest absolute Gasteiger partial charge is 0.444 e. The molecular formula is C21H26ClFN4O2. The smallest absolute Gasteiger partial charge is 0.407 e. The number of anilines is 1. The van der Waals surface area contributed by atoms with Gasteiger partial charge in [-0.1, -0.05) is 17.7 Å². The number of carbonyl (C=O) groups excluding carboxylic acids is 1. The minimum Gasteiger partial charge on any atom is -0.444 e. The van der Waals surface area contributed by atoms with Crippen molar-refractivity contribution in [1.82, 2.24) is 15.5 Å². The topological polar surface area (TPSA) is 67.4 Å². The van der Waals surface area contributed by atoms with E-state index < -0.39 is 11.7 Å². The number of ether oxygens (including phenoxy) is 1. The number of alkyl carbamates (subject to hydrolysis) is 1. The van der Waals surface area contributed by atoms with E-state index in [4.69, 9.17) is 16.3 Å². The summed E-state index contributed by atoms with van der Waals surface area (Å²) in [4.78, 5) is 14.1. The number of amides is 1. The Hall–Kier alpha value is -2.41.